The first-order valence-corrected chi connectivity index (χ1v) is 6.85. The van der Waals surface area contributed by atoms with E-state index in [2.05, 4.69) is 9.97 Å². The molecule has 0 saturated heterocycles. The molecule has 0 bridgehead atoms. The van der Waals surface area contributed by atoms with E-state index < -0.39 is 17.5 Å². The molecule has 8 heteroatoms. The Morgan fingerprint density at radius 2 is 2.00 bits per heavy atom. The first-order valence-electron chi connectivity index (χ1n) is 5.48. The van der Waals surface area contributed by atoms with Gasteiger partial charge in [0.05, 0.1) is 5.02 Å². The summed E-state index contributed by atoms with van der Waals surface area (Å²) < 4.78 is 24.9. The van der Waals surface area contributed by atoms with Gasteiger partial charge in [-0.15, -0.1) is 11.8 Å². The van der Waals surface area contributed by atoms with Gasteiger partial charge in [-0.25, -0.2) is 8.78 Å². The summed E-state index contributed by atoms with van der Waals surface area (Å²) >= 11 is 7.18. The number of rotatable bonds is 4. The monoisotopic (exact) mass is 318 g/mol. The number of aromatic amines is 2. The van der Waals surface area contributed by atoms with Crippen molar-refractivity contribution in [1.29, 1.82) is 0 Å². The Bertz CT molecular complexity index is 730. The third-order valence-corrected chi connectivity index (χ3v) is 4.00. The Morgan fingerprint density at radius 3 is 2.60 bits per heavy atom. The summed E-state index contributed by atoms with van der Waals surface area (Å²) in [6.45, 7) is 0. The summed E-state index contributed by atoms with van der Waals surface area (Å²) in [7, 11) is 0. The number of halogens is 3. The summed E-state index contributed by atoms with van der Waals surface area (Å²) in [5.41, 5.74) is -1.09. The van der Waals surface area contributed by atoms with E-state index in [1.165, 1.54) is 36.2 Å². The van der Waals surface area contributed by atoms with Crippen LogP contribution in [-0.2, 0) is 5.75 Å². The highest BCUT2D eigenvalue weighted by molar-refractivity contribution is 7.98. The van der Waals surface area contributed by atoms with Gasteiger partial charge < -0.3 is 9.97 Å². The van der Waals surface area contributed by atoms with Crippen LogP contribution in [0.25, 0.3) is 0 Å². The van der Waals surface area contributed by atoms with Gasteiger partial charge in [-0.1, -0.05) is 17.7 Å². The zero-order chi connectivity index (χ0) is 14.7. The van der Waals surface area contributed by atoms with Crippen LogP contribution in [-0.4, -0.2) is 9.97 Å². The zero-order valence-corrected chi connectivity index (χ0v) is 11.5. The predicted octanol–water partition coefficient (Wildman–Crippen LogP) is 2.95. The number of nitrogens with one attached hydrogen (secondary N) is 2. The standard InChI is InChI=1S/C12H9ClF2N2O2S/c13-8-3-6(10(14)15)1-2-9(8)20-5-7-4-16-11(18)12(19)17-7/h1-4,10H,5H2,(H,16,18)(H,17,19). The fraction of sp³-hybridized carbons (Fsp3) is 0.167. The molecule has 1 aromatic carbocycles. The van der Waals surface area contributed by atoms with E-state index in [0.717, 1.165) is 0 Å². The van der Waals surface area contributed by atoms with Crippen LogP contribution in [0.1, 0.15) is 17.7 Å². The first-order chi connectivity index (χ1) is 9.47. The topological polar surface area (TPSA) is 65.7 Å². The molecule has 0 unspecified atom stereocenters. The van der Waals surface area contributed by atoms with E-state index in [9.17, 15) is 18.4 Å². The predicted molar refractivity (Wildman–Crippen MR) is 73.7 cm³/mol. The Balaban J connectivity index is 2.12. The summed E-state index contributed by atoms with van der Waals surface area (Å²) in [6, 6.07) is 4.01. The van der Waals surface area contributed by atoms with Gasteiger partial charge in [0.15, 0.2) is 0 Å². The number of thioether (sulfide) groups is 1. The van der Waals surface area contributed by atoms with Crippen molar-refractivity contribution in [2.24, 2.45) is 0 Å². The van der Waals surface area contributed by atoms with E-state index >= 15 is 0 Å². The maximum Gasteiger partial charge on any atom is 0.313 e. The Kier molecular flexibility index (Phi) is 4.61. The van der Waals surface area contributed by atoms with Gasteiger partial charge >= 0.3 is 11.1 Å². The van der Waals surface area contributed by atoms with Crippen LogP contribution < -0.4 is 11.1 Å². The summed E-state index contributed by atoms with van der Waals surface area (Å²) in [5, 5.41) is 0.222. The van der Waals surface area contributed by atoms with Crippen LogP contribution in [0.3, 0.4) is 0 Å². The number of benzene rings is 1. The minimum absolute atomic E-state index is 0.142. The second kappa shape index (κ2) is 6.23. The van der Waals surface area contributed by atoms with E-state index in [0.29, 0.717) is 16.3 Å². The zero-order valence-electron chi connectivity index (χ0n) is 9.95. The van der Waals surface area contributed by atoms with Crippen LogP contribution in [0.15, 0.2) is 38.9 Å². The van der Waals surface area contributed by atoms with Gasteiger partial charge in [0.1, 0.15) is 0 Å². The van der Waals surface area contributed by atoms with E-state index in [-0.39, 0.29) is 10.6 Å². The van der Waals surface area contributed by atoms with Crippen molar-refractivity contribution in [2.75, 3.05) is 0 Å². The van der Waals surface area contributed by atoms with Crippen molar-refractivity contribution in [3.63, 3.8) is 0 Å². The largest absolute Gasteiger partial charge is 0.323 e. The number of aromatic nitrogens is 2. The molecule has 0 spiro atoms. The molecule has 1 heterocycles. The molecule has 0 amide bonds. The lowest BCUT2D eigenvalue weighted by Crippen LogP contribution is -2.29. The normalized spacial score (nSPS) is 11.0. The summed E-state index contributed by atoms with van der Waals surface area (Å²) in [4.78, 5) is 27.3. The maximum atomic E-state index is 12.5. The van der Waals surface area contributed by atoms with Gasteiger partial charge in [0.2, 0.25) is 0 Å². The van der Waals surface area contributed by atoms with E-state index in [1.54, 1.807) is 0 Å². The number of hydrogen-bond donors (Lipinski definition) is 2. The van der Waals surface area contributed by atoms with Crippen molar-refractivity contribution in [3.05, 3.63) is 61.4 Å². The molecule has 106 valence electrons. The molecule has 2 rings (SSSR count). The molecular weight excluding hydrogens is 310 g/mol. The van der Waals surface area contributed by atoms with Crippen LogP contribution in [0, 0.1) is 0 Å². The van der Waals surface area contributed by atoms with Crippen molar-refractivity contribution in [2.45, 2.75) is 17.1 Å². The summed E-state index contributed by atoms with van der Waals surface area (Å²) in [5.74, 6) is 0.347. The average Bonchev–Trinajstić information content (AvgIpc) is 2.41. The number of H-pyrrole nitrogens is 2. The molecule has 0 radical (unpaired) electrons. The number of alkyl halides is 2. The van der Waals surface area contributed by atoms with Crippen molar-refractivity contribution >= 4 is 23.4 Å². The van der Waals surface area contributed by atoms with E-state index in [1.807, 2.05) is 0 Å². The van der Waals surface area contributed by atoms with Gasteiger partial charge in [-0.2, -0.15) is 0 Å². The molecule has 0 saturated carbocycles. The second-order valence-corrected chi connectivity index (χ2v) is 5.30. The molecule has 0 aliphatic rings. The molecule has 1 aromatic heterocycles. The molecule has 4 nitrogen and oxygen atoms in total. The molecule has 0 fully saturated rings. The second-order valence-electron chi connectivity index (χ2n) is 3.88. The Hall–Kier alpha value is -1.60. The lowest BCUT2D eigenvalue weighted by atomic mass is 10.2. The van der Waals surface area contributed by atoms with Crippen LogP contribution in [0.4, 0.5) is 8.78 Å². The maximum absolute atomic E-state index is 12.5. The van der Waals surface area contributed by atoms with Gasteiger partial charge in [0.25, 0.3) is 6.43 Å². The minimum Gasteiger partial charge on any atom is -0.323 e. The molecule has 2 aromatic rings. The third-order valence-electron chi connectivity index (χ3n) is 2.45. The van der Waals surface area contributed by atoms with Crippen molar-refractivity contribution in [1.82, 2.24) is 9.97 Å². The first kappa shape index (κ1) is 14.8. The summed E-state index contributed by atoms with van der Waals surface area (Å²) in [6.07, 6.45) is -1.18. The third kappa shape index (κ3) is 3.49. The van der Waals surface area contributed by atoms with Crippen LogP contribution >= 0.6 is 23.4 Å². The average molecular weight is 319 g/mol. The lowest BCUT2D eigenvalue weighted by Gasteiger charge is -2.06. The highest BCUT2D eigenvalue weighted by atomic mass is 35.5. The van der Waals surface area contributed by atoms with Crippen molar-refractivity contribution < 1.29 is 8.78 Å². The smallest absolute Gasteiger partial charge is 0.313 e. The SMILES string of the molecule is O=c1[nH]cc(CSc2ccc(C(F)F)cc2Cl)[nH]c1=O. The van der Waals surface area contributed by atoms with Gasteiger partial charge in [0, 0.05) is 28.1 Å². The minimum atomic E-state index is -2.57. The van der Waals surface area contributed by atoms with E-state index in [4.69, 9.17) is 11.6 Å². The van der Waals surface area contributed by atoms with Gasteiger partial charge in [-0.3, -0.25) is 9.59 Å². The Labute approximate surface area is 121 Å². The fourth-order valence-electron chi connectivity index (χ4n) is 1.46. The Morgan fingerprint density at radius 1 is 1.25 bits per heavy atom. The van der Waals surface area contributed by atoms with Crippen LogP contribution in [0.2, 0.25) is 5.02 Å². The highest BCUT2D eigenvalue weighted by Gasteiger charge is 2.10. The fourth-order valence-corrected chi connectivity index (χ4v) is 2.64. The lowest BCUT2D eigenvalue weighted by molar-refractivity contribution is 0.151. The van der Waals surface area contributed by atoms with Crippen molar-refractivity contribution in [3.8, 4) is 0 Å². The molecular formula is C12H9ClF2N2O2S. The van der Waals surface area contributed by atoms with Gasteiger partial charge in [-0.05, 0) is 12.1 Å². The quantitative estimate of drug-likeness (QED) is 0.673. The van der Waals surface area contributed by atoms with Crippen LogP contribution in [0.5, 0.6) is 0 Å². The molecule has 0 atom stereocenters. The molecule has 2 N–H and O–H groups in total. The molecule has 20 heavy (non-hydrogen) atoms. The highest BCUT2D eigenvalue weighted by Crippen LogP contribution is 2.32. The number of hydrogen-bond acceptors (Lipinski definition) is 3. The molecule has 0 aliphatic carbocycles. The molecule has 0 aliphatic heterocycles.